The van der Waals surface area contributed by atoms with Crippen molar-refractivity contribution in [2.45, 2.75) is 57.7 Å². The Morgan fingerprint density at radius 2 is 2.11 bits per heavy atom. The summed E-state index contributed by atoms with van der Waals surface area (Å²) in [6, 6.07) is 4.44. The molecule has 1 saturated carbocycles. The van der Waals surface area contributed by atoms with Gasteiger partial charge in [-0.2, -0.15) is 0 Å². The van der Waals surface area contributed by atoms with Crippen LogP contribution in [0.15, 0.2) is 18.3 Å². The van der Waals surface area contributed by atoms with Crippen molar-refractivity contribution in [1.82, 2.24) is 9.88 Å². The smallest absolute Gasteiger partial charge is 0.0639 e. The first-order valence-corrected chi connectivity index (χ1v) is 7.55. The van der Waals surface area contributed by atoms with Gasteiger partial charge in [0.2, 0.25) is 0 Å². The van der Waals surface area contributed by atoms with Crippen molar-refractivity contribution in [1.29, 1.82) is 0 Å². The molecule has 0 saturated heterocycles. The molecular weight excluding hydrogens is 260 g/mol. The molecule has 0 amide bonds. The monoisotopic (exact) mass is 282 g/mol. The number of hydrogen-bond donors (Lipinski definition) is 1. The second kappa shape index (κ2) is 7.22. The van der Waals surface area contributed by atoms with Crippen LogP contribution in [0.25, 0.3) is 0 Å². The highest BCUT2D eigenvalue weighted by atomic mass is 35.5. The minimum absolute atomic E-state index is 0.297. The lowest BCUT2D eigenvalue weighted by atomic mass is 9.94. The molecule has 1 fully saturated rings. The fourth-order valence-corrected chi connectivity index (χ4v) is 2.95. The molecular formula is C15H23ClN2O. The SMILES string of the molecule is CC(O)CN(Cc1ccc(Cl)cn1)C1CCCCC1. The Kier molecular flexibility index (Phi) is 5.61. The molecule has 4 heteroatoms. The number of aliphatic hydroxyl groups is 1. The molecule has 1 heterocycles. The van der Waals surface area contributed by atoms with Crippen LogP contribution in [0.3, 0.4) is 0 Å². The van der Waals surface area contributed by atoms with E-state index in [1.807, 2.05) is 19.1 Å². The molecule has 0 radical (unpaired) electrons. The predicted molar refractivity (Wildman–Crippen MR) is 78.2 cm³/mol. The van der Waals surface area contributed by atoms with Crippen LogP contribution in [-0.4, -0.2) is 33.7 Å². The number of nitrogens with zero attached hydrogens (tertiary/aromatic N) is 2. The molecule has 3 nitrogen and oxygen atoms in total. The molecule has 19 heavy (non-hydrogen) atoms. The maximum atomic E-state index is 9.69. The van der Waals surface area contributed by atoms with Gasteiger partial charge in [-0.3, -0.25) is 9.88 Å². The molecule has 0 spiro atoms. The number of pyridine rings is 1. The lowest BCUT2D eigenvalue weighted by Crippen LogP contribution is -2.40. The first kappa shape index (κ1) is 14.8. The zero-order chi connectivity index (χ0) is 13.7. The third kappa shape index (κ3) is 4.75. The molecule has 0 aliphatic heterocycles. The normalized spacial score (nSPS) is 18.7. The average molecular weight is 283 g/mol. The number of aliphatic hydroxyl groups excluding tert-OH is 1. The van der Waals surface area contributed by atoms with Crippen LogP contribution in [-0.2, 0) is 6.54 Å². The molecule has 2 rings (SSSR count). The van der Waals surface area contributed by atoms with Crippen molar-refractivity contribution in [3.63, 3.8) is 0 Å². The van der Waals surface area contributed by atoms with Crippen LogP contribution in [0, 0.1) is 0 Å². The van der Waals surface area contributed by atoms with Gasteiger partial charge in [-0.25, -0.2) is 0 Å². The molecule has 0 aromatic carbocycles. The van der Waals surface area contributed by atoms with Crippen molar-refractivity contribution in [2.75, 3.05) is 6.54 Å². The van der Waals surface area contributed by atoms with Gasteiger partial charge in [0, 0.05) is 25.3 Å². The molecule has 1 aliphatic rings. The van der Waals surface area contributed by atoms with E-state index >= 15 is 0 Å². The Morgan fingerprint density at radius 1 is 1.37 bits per heavy atom. The summed E-state index contributed by atoms with van der Waals surface area (Å²) in [6.45, 7) is 3.37. The third-order valence-electron chi connectivity index (χ3n) is 3.74. The number of rotatable bonds is 5. The van der Waals surface area contributed by atoms with Gasteiger partial charge in [0.1, 0.15) is 0 Å². The van der Waals surface area contributed by atoms with Crippen LogP contribution < -0.4 is 0 Å². The lowest BCUT2D eigenvalue weighted by molar-refractivity contribution is 0.0760. The highest BCUT2D eigenvalue weighted by molar-refractivity contribution is 6.30. The van der Waals surface area contributed by atoms with Gasteiger partial charge in [-0.15, -0.1) is 0 Å². The van der Waals surface area contributed by atoms with E-state index < -0.39 is 0 Å². The second-order valence-electron chi connectivity index (χ2n) is 5.54. The quantitative estimate of drug-likeness (QED) is 0.901. The summed E-state index contributed by atoms with van der Waals surface area (Å²) in [4.78, 5) is 6.74. The molecule has 1 aromatic rings. The van der Waals surface area contributed by atoms with E-state index in [1.54, 1.807) is 6.20 Å². The minimum Gasteiger partial charge on any atom is -0.392 e. The van der Waals surface area contributed by atoms with Crippen LogP contribution in [0.1, 0.15) is 44.7 Å². The van der Waals surface area contributed by atoms with E-state index in [-0.39, 0.29) is 6.10 Å². The first-order chi connectivity index (χ1) is 9.15. The summed E-state index contributed by atoms with van der Waals surface area (Å²) in [5, 5.41) is 10.4. The van der Waals surface area contributed by atoms with Gasteiger partial charge in [0.15, 0.2) is 0 Å². The topological polar surface area (TPSA) is 36.4 Å². The maximum absolute atomic E-state index is 9.69. The molecule has 1 N–H and O–H groups in total. The summed E-state index contributed by atoms with van der Waals surface area (Å²) in [5.41, 5.74) is 1.02. The Labute approximate surface area is 120 Å². The van der Waals surface area contributed by atoms with Gasteiger partial charge in [-0.05, 0) is 31.9 Å². The van der Waals surface area contributed by atoms with Crippen LogP contribution in [0.4, 0.5) is 0 Å². The Bertz CT molecular complexity index is 374. The minimum atomic E-state index is -0.297. The van der Waals surface area contributed by atoms with Crippen LogP contribution in [0.2, 0.25) is 5.02 Å². The second-order valence-corrected chi connectivity index (χ2v) is 5.97. The fraction of sp³-hybridized carbons (Fsp3) is 0.667. The van der Waals surface area contributed by atoms with Crippen LogP contribution in [0.5, 0.6) is 0 Å². The molecule has 1 aromatic heterocycles. The standard InChI is InChI=1S/C15H23ClN2O/c1-12(19)10-18(15-5-3-2-4-6-15)11-14-8-7-13(16)9-17-14/h7-9,12,15,19H,2-6,10-11H2,1H3. The van der Waals surface area contributed by atoms with Gasteiger partial charge in [0.05, 0.1) is 16.8 Å². The van der Waals surface area contributed by atoms with Gasteiger partial charge in [-0.1, -0.05) is 30.9 Å². The first-order valence-electron chi connectivity index (χ1n) is 7.17. The Morgan fingerprint density at radius 3 is 2.68 bits per heavy atom. The Hall–Kier alpha value is -0.640. The third-order valence-corrected chi connectivity index (χ3v) is 3.97. The van der Waals surface area contributed by atoms with E-state index in [4.69, 9.17) is 11.6 Å². The lowest BCUT2D eigenvalue weighted by Gasteiger charge is -2.34. The average Bonchev–Trinajstić information content (AvgIpc) is 2.41. The number of hydrogen-bond acceptors (Lipinski definition) is 3. The largest absolute Gasteiger partial charge is 0.392 e. The van der Waals surface area contributed by atoms with E-state index in [0.29, 0.717) is 11.1 Å². The fourth-order valence-electron chi connectivity index (χ4n) is 2.84. The zero-order valence-electron chi connectivity index (χ0n) is 11.6. The van der Waals surface area contributed by atoms with Gasteiger partial charge in [0.25, 0.3) is 0 Å². The van der Waals surface area contributed by atoms with E-state index in [0.717, 1.165) is 18.8 Å². The van der Waals surface area contributed by atoms with Gasteiger partial charge >= 0.3 is 0 Å². The highest BCUT2D eigenvalue weighted by Crippen LogP contribution is 2.24. The van der Waals surface area contributed by atoms with Crippen molar-refractivity contribution in [3.05, 3.63) is 29.0 Å². The summed E-state index contributed by atoms with van der Waals surface area (Å²) in [5.74, 6) is 0. The van der Waals surface area contributed by atoms with Gasteiger partial charge < -0.3 is 5.11 Å². The zero-order valence-corrected chi connectivity index (χ0v) is 12.3. The molecule has 106 valence electrons. The summed E-state index contributed by atoms with van der Waals surface area (Å²) in [6.07, 6.45) is 7.82. The van der Waals surface area contributed by atoms with E-state index in [1.165, 1.54) is 32.1 Å². The predicted octanol–water partition coefficient (Wildman–Crippen LogP) is 3.25. The summed E-state index contributed by atoms with van der Waals surface area (Å²) in [7, 11) is 0. The molecule has 1 aliphatic carbocycles. The van der Waals surface area contributed by atoms with Crippen molar-refractivity contribution >= 4 is 11.6 Å². The number of halogens is 1. The molecule has 1 atom stereocenters. The van der Waals surface area contributed by atoms with Crippen molar-refractivity contribution in [3.8, 4) is 0 Å². The van der Waals surface area contributed by atoms with Crippen molar-refractivity contribution < 1.29 is 5.11 Å². The summed E-state index contributed by atoms with van der Waals surface area (Å²) >= 11 is 5.87. The maximum Gasteiger partial charge on any atom is 0.0639 e. The highest BCUT2D eigenvalue weighted by Gasteiger charge is 2.22. The Balaban J connectivity index is 2.01. The summed E-state index contributed by atoms with van der Waals surface area (Å²) < 4.78 is 0. The van der Waals surface area contributed by atoms with E-state index in [2.05, 4.69) is 9.88 Å². The number of aromatic nitrogens is 1. The van der Waals surface area contributed by atoms with Crippen LogP contribution >= 0.6 is 11.6 Å². The van der Waals surface area contributed by atoms with Crippen molar-refractivity contribution in [2.24, 2.45) is 0 Å². The molecule has 0 bridgehead atoms. The van der Waals surface area contributed by atoms with E-state index in [9.17, 15) is 5.11 Å². The molecule has 1 unspecified atom stereocenters.